The molecule has 0 aromatic heterocycles. The van der Waals surface area contributed by atoms with Gasteiger partial charge < -0.3 is 9.80 Å². The van der Waals surface area contributed by atoms with Crippen LogP contribution in [0, 0.1) is 11.6 Å². The van der Waals surface area contributed by atoms with E-state index in [1.807, 2.05) is 31.2 Å². The Balaban J connectivity index is 1.48. The van der Waals surface area contributed by atoms with Crippen LogP contribution in [0.4, 0.5) is 25.0 Å². The summed E-state index contributed by atoms with van der Waals surface area (Å²) in [6.45, 7) is 2.62. The third-order valence-electron chi connectivity index (χ3n) is 5.11. The number of rotatable bonds is 3. The fourth-order valence-corrected chi connectivity index (χ4v) is 3.81. The molecule has 2 aromatic carbocycles. The molecule has 0 radical (unpaired) electrons. The molecule has 140 valence electrons. The van der Waals surface area contributed by atoms with Crippen LogP contribution in [0.1, 0.15) is 12.5 Å². The van der Waals surface area contributed by atoms with Gasteiger partial charge in [-0.05, 0) is 37.1 Å². The Morgan fingerprint density at radius 1 is 1.11 bits per heavy atom. The predicted octanol–water partition coefficient (Wildman–Crippen LogP) is 3.18. The van der Waals surface area contributed by atoms with Crippen molar-refractivity contribution in [3.63, 3.8) is 0 Å². The fourth-order valence-electron chi connectivity index (χ4n) is 3.81. The number of benzene rings is 2. The van der Waals surface area contributed by atoms with Crippen molar-refractivity contribution in [2.24, 2.45) is 0 Å². The second kappa shape index (κ2) is 6.64. The van der Waals surface area contributed by atoms with E-state index in [-0.39, 0.29) is 30.2 Å². The highest BCUT2D eigenvalue weighted by Gasteiger charge is 2.35. The number of nitrogens with zero attached hydrogens (tertiary/aromatic N) is 3. The summed E-state index contributed by atoms with van der Waals surface area (Å²) in [5.74, 6) is -2.11. The summed E-state index contributed by atoms with van der Waals surface area (Å²) in [5.41, 5.74) is 2.29. The van der Waals surface area contributed by atoms with Gasteiger partial charge in [0.25, 0.3) is 0 Å². The Labute approximate surface area is 155 Å². The molecule has 2 aliphatic heterocycles. The minimum atomic E-state index is -1.00. The lowest BCUT2D eigenvalue weighted by molar-refractivity contribution is -0.119. The van der Waals surface area contributed by atoms with E-state index in [2.05, 4.69) is 0 Å². The molecule has 7 heteroatoms. The van der Waals surface area contributed by atoms with Gasteiger partial charge in [0.15, 0.2) is 11.6 Å². The molecule has 1 unspecified atom stereocenters. The van der Waals surface area contributed by atoms with Crippen molar-refractivity contribution in [1.29, 1.82) is 0 Å². The molecule has 0 bridgehead atoms. The lowest BCUT2D eigenvalue weighted by Crippen LogP contribution is -2.44. The lowest BCUT2D eigenvalue weighted by Gasteiger charge is -2.25. The molecule has 2 aromatic rings. The third-order valence-corrected chi connectivity index (χ3v) is 5.11. The van der Waals surface area contributed by atoms with Crippen LogP contribution in [-0.4, -0.2) is 42.5 Å². The van der Waals surface area contributed by atoms with Gasteiger partial charge >= 0.3 is 6.03 Å². The molecule has 0 saturated carbocycles. The van der Waals surface area contributed by atoms with Gasteiger partial charge in [-0.25, -0.2) is 13.6 Å². The topological polar surface area (TPSA) is 43.9 Å². The maximum absolute atomic E-state index is 13.5. The molecule has 4 rings (SSSR count). The zero-order chi connectivity index (χ0) is 19.1. The zero-order valence-electron chi connectivity index (χ0n) is 14.9. The summed E-state index contributed by atoms with van der Waals surface area (Å²) in [6, 6.07) is 10.8. The lowest BCUT2D eigenvalue weighted by atomic mass is 10.1. The highest BCUT2D eigenvalue weighted by atomic mass is 19.2. The Hall–Kier alpha value is -2.96. The van der Waals surface area contributed by atoms with E-state index in [1.54, 1.807) is 4.90 Å². The number of hydrogen-bond acceptors (Lipinski definition) is 2. The number of fused-ring (bicyclic) bond motifs is 1. The smallest absolute Gasteiger partial charge is 0.313 e. The van der Waals surface area contributed by atoms with Crippen molar-refractivity contribution in [3.8, 4) is 0 Å². The van der Waals surface area contributed by atoms with Gasteiger partial charge in [-0.1, -0.05) is 18.2 Å². The Kier molecular flexibility index (Phi) is 4.30. The van der Waals surface area contributed by atoms with E-state index >= 15 is 0 Å². The fraction of sp³-hybridized carbons (Fsp3) is 0.300. The standard InChI is InChI=1S/C20H19F2N3O2/c1-13-10-14-4-2-3-5-18(14)25(13)19(26)12-23-8-9-24(20(23)27)15-6-7-16(21)17(22)11-15/h2-7,11,13H,8-10,12H2,1H3. The number of amides is 3. The van der Waals surface area contributed by atoms with E-state index in [1.165, 1.54) is 15.9 Å². The molecule has 2 heterocycles. The largest absolute Gasteiger partial charge is 0.325 e. The van der Waals surface area contributed by atoms with Crippen molar-refractivity contribution in [2.75, 3.05) is 29.4 Å². The molecule has 5 nitrogen and oxygen atoms in total. The summed E-state index contributed by atoms with van der Waals surface area (Å²) in [6.07, 6.45) is 0.789. The van der Waals surface area contributed by atoms with E-state index < -0.39 is 11.6 Å². The second-order valence-electron chi connectivity index (χ2n) is 6.90. The minimum Gasteiger partial charge on any atom is -0.313 e. The van der Waals surface area contributed by atoms with Gasteiger partial charge in [0, 0.05) is 36.6 Å². The van der Waals surface area contributed by atoms with Gasteiger partial charge in [-0.15, -0.1) is 0 Å². The molecule has 2 aliphatic rings. The van der Waals surface area contributed by atoms with Crippen molar-refractivity contribution in [1.82, 2.24) is 4.90 Å². The first kappa shape index (κ1) is 17.5. The highest BCUT2D eigenvalue weighted by molar-refractivity contribution is 6.01. The van der Waals surface area contributed by atoms with Crippen molar-refractivity contribution < 1.29 is 18.4 Å². The van der Waals surface area contributed by atoms with Crippen LogP contribution in [0.3, 0.4) is 0 Å². The van der Waals surface area contributed by atoms with Crippen molar-refractivity contribution in [3.05, 3.63) is 59.7 Å². The van der Waals surface area contributed by atoms with E-state index in [4.69, 9.17) is 0 Å². The first-order valence-corrected chi connectivity index (χ1v) is 8.87. The first-order chi connectivity index (χ1) is 13.0. The Bertz CT molecular complexity index is 918. The third kappa shape index (κ3) is 3.03. The molecular formula is C20H19F2N3O2. The maximum atomic E-state index is 13.5. The number of carbonyl (C=O) groups excluding carboxylic acids is 2. The minimum absolute atomic E-state index is 0.0369. The summed E-state index contributed by atoms with van der Waals surface area (Å²) in [4.78, 5) is 30.0. The summed E-state index contributed by atoms with van der Waals surface area (Å²) in [5, 5.41) is 0. The summed E-state index contributed by atoms with van der Waals surface area (Å²) >= 11 is 0. The Morgan fingerprint density at radius 3 is 2.67 bits per heavy atom. The van der Waals surface area contributed by atoms with Crippen molar-refractivity contribution in [2.45, 2.75) is 19.4 Å². The number of carbonyl (C=O) groups is 2. The molecule has 1 atom stereocenters. The first-order valence-electron chi connectivity index (χ1n) is 8.87. The average molecular weight is 371 g/mol. The van der Waals surface area contributed by atoms with Crippen LogP contribution in [-0.2, 0) is 11.2 Å². The van der Waals surface area contributed by atoms with Gasteiger partial charge in [0.2, 0.25) is 5.91 Å². The van der Waals surface area contributed by atoms with Crippen LogP contribution in [0.15, 0.2) is 42.5 Å². The summed E-state index contributed by atoms with van der Waals surface area (Å²) < 4.78 is 26.6. The maximum Gasteiger partial charge on any atom is 0.325 e. The monoisotopic (exact) mass is 371 g/mol. The van der Waals surface area contributed by atoms with E-state index in [9.17, 15) is 18.4 Å². The number of anilines is 2. The van der Waals surface area contributed by atoms with E-state index in [0.717, 1.165) is 29.8 Å². The number of halogens is 2. The number of para-hydroxylation sites is 1. The van der Waals surface area contributed by atoms with Crippen LogP contribution in [0.2, 0.25) is 0 Å². The molecule has 0 N–H and O–H groups in total. The van der Waals surface area contributed by atoms with Gasteiger partial charge in [0.05, 0.1) is 0 Å². The molecule has 27 heavy (non-hydrogen) atoms. The molecular weight excluding hydrogens is 352 g/mol. The summed E-state index contributed by atoms with van der Waals surface area (Å²) in [7, 11) is 0. The van der Waals surface area contributed by atoms with Gasteiger partial charge in [0.1, 0.15) is 6.54 Å². The molecule has 3 amide bonds. The predicted molar refractivity (Wildman–Crippen MR) is 97.8 cm³/mol. The quantitative estimate of drug-likeness (QED) is 0.832. The second-order valence-corrected chi connectivity index (χ2v) is 6.90. The normalized spacial score (nSPS) is 19.0. The van der Waals surface area contributed by atoms with E-state index in [0.29, 0.717) is 13.1 Å². The van der Waals surface area contributed by atoms with Gasteiger partial charge in [-0.2, -0.15) is 0 Å². The van der Waals surface area contributed by atoms with Crippen molar-refractivity contribution >= 4 is 23.3 Å². The van der Waals surface area contributed by atoms with Crippen LogP contribution >= 0.6 is 0 Å². The molecule has 1 saturated heterocycles. The Morgan fingerprint density at radius 2 is 1.89 bits per heavy atom. The van der Waals surface area contributed by atoms with Gasteiger partial charge in [-0.3, -0.25) is 9.69 Å². The number of urea groups is 1. The molecule has 1 fully saturated rings. The molecule has 0 aliphatic carbocycles. The average Bonchev–Trinajstić information content (AvgIpc) is 3.17. The zero-order valence-corrected chi connectivity index (χ0v) is 14.9. The van der Waals surface area contributed by atoms with Crippen LogP contribution < -0.4 is 9.80 Å². The van der Waals surface area contributed by atoms with Crippen LogP contribution in [0.5, 0.6) is 0 Å². The number of hydrogen-bond donors (Lipinski definition) is 0. The SMILES string of the molecule is CC1Cc2ccccc2N1C(=O)CN1CCN(c2ccc(F)c(F)c2)C1=O. The molecule has 0 spiro atoms. The van der Waals surface area contributed by atoms with Crippen LogP contribution in [0.25, 0.3) is 0 Å². The highest BCUT2D eigenvalue weighted by Crippen LogP contribution is 2.32.